The van der Waals surface area contributed by atoms with E-state index in [4.69, 9.17) is 4.74 Å². The Hall–Kier alpha value is -3.60. The number of hydrogen-bond acceptors (Lipinski definition) is 3. The van der Waals surface area contributed by atoms with Gasteiger partial charge in [0, 0.05) is 13.0 Å². The number of carbonyl (C=O) groups is 2. The Morgan fingerprint density at radius 1 is 0.800 bits per heavy atom. The van der Waals surface area contributed by atoms with E-state index in [1.165, 1.54) is 0 Å². The molecular weight excluding hydrogens is 376 g/mol. The van der Waals surface area contributed by atoms with E-state index < -0.39 is 6.04 Å². The lowest BCUT2D eigenvalue weighted by Gasteiger charge is -2.19. The van der Waals surface area contributed by atoms with Gasteiger partial charge in [0.2, 0.25) is 11.8 Å². The molecule has 5 heteroatoms. The van der Waals surface area contributed by atoms with Crippen molar-refractivity contribution in [3.05, 3.63) is 102 Å². The first kappa shape index (κ1) is 21.1. The van der Waals surface area contributed by atoms with E-state index in [1.807, 2.05) is 84.9 Å². The number of hydrogen-bond donors (Lipinski definition) is 2. The van der Waals surface area contributed by atoms with Gasteiger partial charge in [-0.15, -0.1) is 0 Å². The zero-order chi connectivity index (χ0) is 21.2. The maximum Gasteiger partial charge on any atom is 0.243 e. The molecule has 3 rings (SSSR count). The maximum absolute atomic E-state index is 12.8. The molecule has 0 unspecified atom stereocenters. The third-order valence-corrected chi connectivity index (χ3v) is 4.77. The van der Waals surface area contributed by atoms with E-state index in [2.05, 4.69) is 10.6 Å². The van der Waals surface area contributed by atoms with Gasteiger partial charge in [-0.05, 0) is 28.8 Å². The van der Waals surface area contributed by atoms with Gasteiger partial charge in [-0.2, -0.15) is 0 Å². The lowest BCUT2D eigenvalue weighted by Crippen LogP contribution is -2.48. The molecule has 0 aliphatic rings. The zero-order valence-corrected chi connectivity index (χ0v) is 17.0. The van der Waals surface area contributed by atoms with Crippen molar-refractivity contribution in [3.63, 3.8) is 0 Å². The molecule has 2 amide bonds. The van der Waals surface area contributed by atoms with Crippen LogP contribution in [0.25, 0.3) is 0 Å². The Kier molecular flexibility index (Phi) is 7.61. The topological polar surface area (TPSA) is 67.4 Å². The summed E-state index contributed by atoms with van der Waals surface area (Å²) in [6, 6.07) is 26.1. The molecule has 1 atom stereocenters. The van der Waals surface area contributed by atoms with E-state index in [-0.39, 0.29) is 18.2 Å². The predicted octanol–water partition coefficient (Wildman–Crippen LogP) is 3.28. The average molecular weight is 402 g/mol. The molecule has 0 heterocycles. The van der Waals surface area contributed by atoms with Gasteiger partial charge in [0.1, 0.15) is 11.8 Å². The van der Waals surface area contributed by atoms with Crippen molar-refractivity contribution in [2.75, 3.05) is 7.11 Å². The molecule has 0 aliphatic carbocycles. The fourth-order valence-electron chi connectivity index (χ4n) is 3.14. The standard InChI is InChI=1S/C25H26N2O3/c1-30-22-14-12-20(13-15-22)17-24(28)27-23(16-19-8-4-2-5-9-19)25(29)26-18-21-10-6-3-7-11-21/h2-15,23H,16-18H2,1H3,(H,26,29)(H,27,28)/t23-/m1/s1. The van der Waals surface area contributed by atoms with Crippen molar-refractivity contribution in [1.82, 2.24) is 10.6 Å². The molecule has 0 fully saturated rings. The van der Waals surface area contributed by atoms with E-state index in [0.717, 1.165) is 22.4 Å². The van der Waals surface area contributed by atoms with Crippen molar-refractivity contribution >= 4 is 11.8 Å². The fourth-order valence-corrected chi connectivity index (χ4v) is 3.14. The maximum atomic E-state index is 12.8. The number of benzene rings is 3. The van der Waals surface area contributed by atoms with Crippen molar-refractivity contribution in [3.8, 4) is 5.75 Å². The smallest absolute Gasteiger partial charge is 0.243 e. The van der Waals surface area contributed by atoms with Crippen LogP contribution in [0.5, 0.6) is 5.75 Å². The van der Waals surface area contributed by atoms with Gasteiger partial charge in [0.15, 0.2) is 0 Å². The highest BCUT2D eigenvalue weighted by atomic mass is 16.5. The summed E-state index contributed by atoms with van der Waals surface area (Å²) in [5, 5.41) is 5.83. The van der Waals surface area contributed by atoms with Gasteiger partial charge in [-0.1, -0.05) is 72.8 Å². The number of amides is 2. The van der Waals surface area contributed by atoms with Crippen LogP contribution in [0.2, 0.25) is 0 Å². The minimum absolute atomic E-state index is 0.196. The van der Waals surface area contributed by atoms with E-state index >= 15 is 0 Å². The van der Waals surface area contributed by atoms with Crippen LogP contribution in [0, 0.1) is 0 Å². The Labute approximate surface area is 177 Å². The summed E-state index contributed by atoms with van der Waals surface area (Å²) < 4.78 is 5.15. The van der Waals surface area contributed by atoms with Crippen molar-refractivity contribution in [2.45, 2.75) is 25.4 Å². The molecule has 0 aliphatic heterocycles. The third-order valence-electron chi connectivity index (χ3n) is 4.77. The first-order valence-corrected chi connectivity index (χ1v) is 9.92. The number of nitrogens with one attached hydrogen (secondary N) is 2. The van der Waals surface area contributed by atoms with Crippen LogP contribution in [-0.2, 0) is 29.0 Å². The number of ether oxygens (including phenoxy) is 1. The van der Waals surface area contributed by atoms with Crippen LogP contribution in [0.3, 0.4) is 0 Å². The van der Waals surface area contributed by atoms with Gasteiger partial charge in [0.25, 0.3) is 0 Å². The van der Waals surface area contributed by atoms with E-state index in [9.17, 15) is 9.59 Å². The summed E-state index contributed by atoms with van der Waals surface area (Å²) in [5.41, 5.74) is 2.85. The normalized spacial score (nSPS) is 11.4. The highest BCUT2D eigenvalue weighted by Gasteiger charge is 2.21. The first-order chi connectivity index (χ1) is 14.6. The van der Waals surface area contributed by atoms with Crippen LogP contribution in [0.4, 0.5) is 0 Å². The second-order valence-corrected chi connectivity index (χ2v) is 7.04. The highest BCUT2D eigenvalue weighted by molar-refractivity contribution is 5.88. The van der Waals surface area contributed by atoms with Crippen LogP contribution in [0.1, 0.15) is 16.7 Å². The monoisotopic (exact) mass is 402 g/mol. The molecule has 0 spiro atoms. The lowest BCUT2D eigenvalue weighted by molar-refractivity contribution is -0.128. The van der Waals surface area contributed by atoms with Crippen molar-refractivity contribution in [1.29, 1.82) is 0 Å². The number of methoxy groups -OCH3 is 1. The van der Waals surface area contributed by atoms with Crippen molar-refractivity contribution < 1.29 is 14.3 Å². The summed E-state index contributed by atoms with van der Waals surface area (Å²) in [5.74, 6) is 0.336. The average Bonchev–Trinajstić information content (AvgIpc) is 2.79. The fraction of sp³-hybridized carbons (Fsp3) is 0.200. The summed E-state index contributed by atoms with van der Waals surface area (Å²) in [6.07, 6.45) is 0.622. The lowest BCUT2D eigenvalue weighted by atomic mass is 10.0. The molecular formula is C25H26N2O3. The molecule has 154 valence electrons. The molecule has 3 aromatic rings. The largest absolute Gasteiger partial charge is 0.497 e. The Morgan fingerprint density at radius 3 is 2.00 bits per heavy atom. The van der Waals surface area contributed by atoms with Crippen molar-refractivity contribution in [2.24, 2.45) is 0 Å². The molecule has 0 saturated heterocycles. The second-order valence-electron chi connectivity index (χ2n) is 7.04. The highest BCUT2D eigenvalue weighted by Crippen LogP contribution is 2.12. The molecule has 0 saturated carbocycles. The van der Waals surface area contributed by atoms with Gasteiger partial charge in [-0.3, -0.25) is 9.59 Å². The SMILES string of the molecule is COc1ccc(CC(=O)N[C@H](Cc2ccccc2)C(=O)NCc2ccccc2)cc1. The Balaban J connectivity index is 1.64. The summed E-state index contributed by atoms with van der Waals surface area (Å²) in [7, 11) is 1.60. The van der Waals surface area contributed by atoms with Crippen LogP contribution >= 0.6 is 0 Å². The van der Waals surface area contributed by atoms with E-state index in [0.29, 0.717) is 13.0 Å². The molecule has 0 radical (unpaired) electrons. The van der Waals surface area contributed by atoms with Gasteiger partial charge < -0.3 is 15.4 Å². The number of rotatable bonds is 9. The van der Waals surface area contributed by atoms with Crippen LogP contribution in [0.15, 0.2) is 84.9 Å². The summed E-state index contributed by atoms with van der Waals surface area (Å²) >= 11 is 0. The minimum Gasteiger partial charge on any atom is -0.497 e. The zero-order valence-electron chi connectivity index (χ0n) is 17.0. The minimum atomic E-state index is -0.651. The third kappa shape index (κ3) is 6.48. The van der Waals surface area contributed by atoms with Crippen LogP contribution < -0.4 is 15.4 Å². The summed E-state index contributed by atoms with van der Waals surface area (Å²) in [4.78, 5) is 25.5. The first-order valence-electron chi connectivity index (χ1n) is 9.92. The predicted molar refractivity (Wildman–Crippen MR) is 117 cm³/mol. The Bertz CT molecular complexity index is 941. The van der Waals surface area contributed by atoms with Gasteiger partial charge >= 0.3 is 0 Å². The summed E-state index contributed by atoms with van der Waals surface area (Å²) in [6.45, 7) is 0.416. The number of carbonyl (C=O) groups excluding carboxylic acids is 2. The van der Waals surface area contributed by atoms with Crippen LogP contribution in [-0.4, -0.2) is 25.0 Å². The quantitative estimate of drug-likeness (QED) is 0.577. The molecule has 2 N–H and O–H groups in total. The molecule has 30 heavy (non-hydrogen) atoms. The van der Waals surface area contributed by atoms with Gasteiger partial charge in [-0.25, -0.2) is 0 Å². The molecule has 0 bridgehead atoms. The van der Waals surface area contributed by atoms with Gasteiger partial charge in [0.05, 0.1) is 13.5 Å². The molecule has 3 aromatic carbocycles. The molecule has 5 nitrogen and oxygen atoms in total. The molecule has 0 aromatic heterocycles. The van der Waals surface area contributed by atoms with E-state index in [1.54, 1.807) is 7.11 Å². The Morgan fingerprint density at radius 2 is 1.40 bits per heavy atom. The second kappa shape index (κ2) is 10.8.